The molecule has 2 heterocycles. The number of carbonyl (C=O) groups excluding carboxylic acids is 1. The first kappa shape index (κ1) is 16.9. The van der Waals surface area contributed by atoms with Gasteiger partial charge in [0.05, 0.1) is 5.69 Å². The van der Waals surface area contributed by atoms with Gasteiger partial charge in [-0.1, -0.05) is 0 Å². The Labute approximate surface area is 145 Å². The third-order valence-corrected chi connectivity index (χ3v) is 4.66. The van der Waals surface area contributed by atoms with E-state index in [2.05, 4.69) is 11.1 Å². The van der Waals surface area contributed by atoms with Crippen LogP contribution in [-0.4, -0.2) is 22.3 Å². The maximum Gasteiger partial charge on any atom is 0.219 e. The van der Waals surface area contributed by atoms with Crippen molar-refractivity contribution in [3.8, 4) is 17.2 Å². The van der Waals surface area contributed by atoms with E-state index in [-0.39, 0.29) is 23.1 Å². The number of anilines is 1. The molecule has 1 aliphatic rings. The molecule has 5 nitrogen and oxygen atoms in total. The van der Waals surface area contributed by atoms with E-state index < -0.39 is 0 Å². The normalized spacial score (nSPS) is 13.3. The molecule has 0 aliphatic carbocycles. The lowest BCUT2D eigenvalue weighted by Crippen LogP contribution is -2.35. The molecule has 0 fully saturated rings. The van der Waals surface area contributed by atoms with Gasteiger partial charge in [0.1, 0.15) is 23.3 Å². The number of rotatable bonds is 1. The highest BCUT2D eigenvalue weighted by Gasteiger charge is 2.26. The number of hydrogen-bond acceptors (Lipinski definition) is 4. The molecule has 1 aromatic carbocycles. The number of pyridine rings is 1. The molecule has 0 saturated heterocycles. The topological polar surface area (TPSA) is 83.0 Å². The van der Waals surface area contributed by atoms with E-state index in [1.54, 1.807) is 30.9 Å². The van der Waals surface area contributed by atoms with Gasteiger partial charge >= 0.3 is 0 Å². The fourth-order valence-electron chi connectivity index (χ4n) is 3.37. The Kier molecular flexibility index (Phi) is 4.17. The van der Waals surface area contributed by atoms with Crippen LogP contribution in [0.15, 0.2) is 12.1 Å². The fraction of sp³-hybridized carbons (Fsp3) is 0.316. The summed E-state index contributed by atoms with van der Waals surface area (Å²) in [5, 5.41) is 9.61. The second-order valence-corrected chi connectivity index (χ2v) is 6.40. The second kappa shape index (κ2) is 6.17. The largest absolute Gasteiger partial charge is 0.383 e. The number of amides is 1. The Morgan fingerprint density at radius 2 is 2.00 bits per heavy atom. The Bertz CT molecular complexity index is 907. The summed E-state index contributed by atoms with van der Waals surface area (Å²) < 4.78 is 14.0. The molecule has 25 heavy (non-hydrogen) atoms. The molecular weight excluding hydrogens is 319 g/mol. The average Bonchev–Trinajstić information content (AvgIpc) is 2.57. The monoisotopic (exact) mass is 338 g/mol. The summed E-state index contributed by atoms with van der Waals surface area (Å²) in [6.07, 6.45) is 0.580. The average molecular weight is 338 g/mol. The number of nitriles is 1. The summed E-state index contributed by atoms with van der Waals surface area (Å²) >= 11 is 0. The molecule has 2 N–H and O–H groups in total. The molecule has 0 radical (unpaired) electrons. The van der Waals surface area contributed by atoms with Gasteiger partial charge in [0, 0.05) is 37.6 Å². The molecule has 1 amide bonds. The SMILES string of the molecule is CC(=O)N1CCc2nc(N)c(C#N)c(-c3cc(C)c(F)c(C)c3)c2C1. The zero-order valence-corrected chi connectivity index (χ0v) is 14.5. The molecule has 0 saturated carbocycles. The highest BCUT2D eigenvalue weighted by Crippen LogP contribution is 2.36. The predicted octanol–water partition coefficient (Wildman–Crippen LogP) is 2.86. The standard InChI is InChI=1S/C19H19FN4O/c1-10-6-13(7-11(2)18(10)20)17-14(8-21)19(22)23-16-4-5-24(12(3)25)9-15(16)17/h6-7H,4-5,9H2,1-3H3,(H2,22,23). The van der Waals surface area contributed by atoms with Crippen LogP contribution in [0.25, 0.3) is 11.1 Å². The van der Waals surface area contributed by atoms with E-state index >= 15 is 0 Å². The first-order valence-corrected chi connectivity index (χ1v) is 8.07. The van der Waals surface area contributed by atoms with Crippen molar-refractivity contribution in [3.63, 3.8) is 0 Å². The number of aryl methyl sites for hydroxylation is 2. The molecule has 0 unspecified atom stereocenters. The lowest BCUT2D eigenvalue weighted by molar-refractivity contribution is -0.129. The predicted molar refractivity (Wildman–Crippen MR) is 93.0 cm³/mol. The Hall–Kier alpha value is -2.94. The molecule has 1 aliphatic heterocycles. The molecule has 1 aromatic heterocycles. The zero-order chi connectivity index (χ0) is 18.3. The minimum absolute atomic E-state index is 0.0293. The van der Waals surface area contributed by atoms with Gasteiger partial charge in [-0.05, 0) is 42.7 Å². The van der Waals surface area contributed by atoms with Crippen molar-refractivity contribution in [1.82, 2.24) is 9.88 Å². The van der Waals surface area contributed by atoms with Crippen LogP contribution in [-0.2, 0) is 17.8 Å². The van der Waals surface area contributed by atoms with Gasteiger partial charge in [0.15, 0.2) is 0 Å². The molecule has 2 aromatic rings. The van der Waals surface area contributed by atoms with Crippen molar-refractivity contribution in [2.24, 2.45) is 0 Å². The number of hydrogen-bond donors (Lipinski definition) is 1. The van der Waals surface area contributed by atoms with Gasteiger partial charge in [-0.25, -0.2) is 9.37 Å². The van der Waals surface area contributed by atoms with Crippen LogP contribution in [0.1, 0.15) is 34.9 Å². The summed E-state index contributed by atoms with van der Waals surface area (Å²) in [5.74, 6) is -0.117. The number of halogens is 1. The number of carbonyl (C=O) groups is 1. The maximum absolute atomic E-state index is 14.0. The first-order valence-electron chi connectivity index (χ1n) is 8.07. The van der Waals surface area contributed by atoms with E-state index in [9.17, 15) is 14.4 Å². The van der Waals surface area contributed by atoms with E-state index in [1.165, 1.54) is 6.92 Å². The van der Waals surface area contributed by atoms with Gasteiger partial charge in [0.2, 0.25) is 5.91 Å². The van der Waals surface area contributed by atoms with Crippen LogP contribution in [0.3, 0.4) is 0 Å². The van der Waals surface area contributed by atoms with Crippen molar-refractivity contribution >= 4 is 11.7 Å². The Balaban J connectivity index is 2.30. The van der Waals surface area contributed by atoms with E-state index in [4.69, 9.17) is 5.73 Å². The van der Waals surface area contributed by atoms with Crippen molar-refractivity contribution in [1.29, 1.82) is 5.26 Å². The van der Waals surface area contributed by atoms with Gasteiger partial charge in [-0.15, -0.1) is 0 Å². The van der Waals surface area contributed by atoms with Crippen molar-refractivity contribution in [2.75, 3.05) is 12.3 Å². The van der Waals surface area contributed by atoms with E-state index in [0.29, 0.717) is 36.2 Å². The van der Waals surface area contributed by atoms with Crippen LogP contribution >= 0.6 is 0 Å². The summed E-state index contributed by atoms with van der Waals surface area (Å²) in [4.78, 5) is 17.9. The minimum Gasteiger partial charge on any atom is -0.383 e. The Morgan fingerprint density at radius 1 is 1.36 bits per heavy atom. The number of nitrogens with two attached hydrogens (primary N) is 1. The summed E-state index contributed by atoms with van der Waals surface area (Å²) in [6.45, 7) is 5.85. The van der Waals surface area contributed by atoms with Crippen LogP contribution in [0, 0.1) is 31.0 Å². The Morgan fingerprint density at radius 3 is 2.56 bits per heavy atom. The highest BCUT2D eigenvalue weighted by atomic mass is 19.1. The molecule has 0 spiro atoms. The summed E-state index contributed by atoms with van der Waals surface area (Å²) in [7, 11) is 0. The smallest absolute Gasteiger partial charge is 0.219 e. The molecule has 0 bridgehead atoms. The first-order chi connectivity index (χ1) is 11.8. The zero-order valence-electron chi connectivity index (χ0n) is 14.5. The van der Waals surface area contributed by atoms with Crippen LogP contribution < -0.4 is 5.73 Å². The van der Waals surface area contributed by atoms with E-state index in [1.807, 2.05) is 0 Å². The lowest BCUT2D eigenvalue weighted by Gasteiger charge is -2.30. The molecule has 6 heteroatoms. The number of nitrogens with zero attached hydrogens (tertiary/aromatic N) is 3. The van der Waals surface area contributed by atoms with Crippen LogP contribution in [0.5, 0.6) is 0 Å². The minimum atomic E-state index is -0.261. The summed E-state index contributed by atoms with van der Waals surface area (Å²) in [5.41, 5.74) is 10.3. The maximum atomic E-state index is 14.0. The lowest BCUT2D eigenvalue weighted by atomic mass is 9.89. The molecule has 3 rings (SSSR count). The fourth-order valence-corrected chi connectivity index (χ4v) is 3.37. The van der Waals surface area contributed by atoms with Crippen molar-refractivity contribution in [3.05, 3.63) is 45.9 Å². The third kappa shape index (κ3) is 2.82. The molecule has 128 valence electrons. The van der Waals surface area contributed by atoms with Gasteiger partial charge < -0.3 is 10.6 Å². The number of benzene rings is 1. The van der Waals surface area contributed by atoms with Gasteiger partial charge in [-0.3, -0.25) is 4.79 Å². The number of aromatic nitrogens is 1. The molecule has 0 atom stereocenters. The summed E-state index contributed by atoms with van der Waals surface area (Å²) in [6, 6.07) is 5.55. The van der Waals surface area contributed by atoms with Crippen LogP contribution in [0.2, 0.25) is 0 Å². The van der Waals surface area contributed by atoms with Crippen molar-refractivity contribution < 1.29 is 9.18 Å². The van der Waals surface area contributed by atoms with Crippen LogP contribution in [0.4, 0.5) is 10.2 Å². The number of nitrogen functional groups attached to an aromatic ring is 1. The van der Waals surface area contributed by atoms with Gasteiger partial charge in [0.25, 0.3) is 0 Å². The highest BCUT2D eigenvalue weighted by molar-refractivity contribution is 5.81. The van der Waals surface area contributed by atoms with Gasteiger partial charge in [-0.2, -0.15) is 5.26 Å². The third-order valence-electron chi connectivity index (χ3n) is 4.66. The van der Waals surface area contributed by atoms with E-state index in [0.717, 1.165) is 16.8 Å². The number of fused-ring (bicyclic) bond motifs is 1. The second-order valence-electron chi connectivity index (χ2n) is 6.40. The van der Waals surface area contributed by atoms with Crippen molar-refractivity contribution in [2.45, 2.75) is 33.7 Å². The molecular formula is C19H19FN4O. The quantitative estimate of drug-likeness (QED) is 0.866.